The van der Waals surface area contributed by atoms with Crippen LogP contribution in [0, 0.1) is 0 Å². The first-order chi connectivity index (χ1) is 7.15. The van der Waals surface area contributed by atoms with Crippen molar-refractivity contribution in [2.45, 2.75) is 43.7 Å². The summed E-state index contributed by atoms with van der Waals surface area (Å²) in [6, 6.07) is 0.741. The van der Waals surface area contributed by atoms with Gasteiger partial charge < -0.3 is 10.0 Å². The second-order valence-corrected chi connectivity index (χ2v) is 4.64. The Morgan fingerprint density at radius 2 is 2.07 bits per heavy atom. The molecule has 0 aromatic heterocycles. The van der Waals surface area contributed by atoms with E-state index in [1.807, 2.05) is 0 Å². The molecule has 2 rings (SSSR count). The summed E-state index contributed by atoms with van der Waals surface area (Å²) in [5, 5.41) is 8.80. The summed E-state index contributed by atoms with van der Waals surface area (Å²) in [5.41, 5.74) is -0.628. The van der Waals surface area contributed by atoms with Crippen molar-refractivity contribution in [3.8, 4) is 0 Å². The van der Waals surface area contributed by atoms with Crippen LogP contribution in [0.5, 0.6) is 0 Å². The summed E-state index contributed by atoms with van der Waals surface area (Å²) >= 11 is 0. The second-order valence-electron chi connectivity index (χ2n) is 4.64. The van der Waals surface area contributed by atoms with Crippen molar-refractivity contribution in [2.24, 2.45) is 5.90 Å². The zero-order valence-electron chi connectivity index (χ0n) is 8.82. The number of carboxylic acid groups (broad SMARTS) is 1. The van der Waals surface area contributed by atoms with Gasteiger partial charge in [0, 0.05) is 19.1 Å². The molecule has 3 N–H and O–H groups in total. The van der Waals surface area contributed by atoms with E-state index in [0.29, 0.717) is 0 Å². The maximum Gasteiger partial charge on any atom is 0.306 e. The van der Waals surface area contributed by atoms with Gasteiger partial charge in [-0.25, -0.2) is 5.90 Å². The van der Waals surface area contributed by atoms with E-state index in [1.54, 1.807) is 0 Å². The molecule has 0 unspecified atom stereocenters. The molecule has 0 bridgehead atoms. The molecule has 2 fully saturated rings. The van der Waals surface area contributed by atoms with Crippen LogP contribution >= 0.6 is 0 Å². The smallest absolute Gasteiger partial charge is 0.306 e. The van der Waals surface area contributed by atoms with E-state index in [1.165, 1.54) is 12.8 Å². The van der Waals surface area contributed by atoms with Crippen LogP contribution in [0.4, 0.5) is 0 Å². The van der Waals surface area contributed by atoms with Gasteiger partial charge in [-0.3, -0.25) is 9.63 Å². The third-order valence-corrected chi connectivity index (χ3v) is 3.50. The highest BCUT2D eigenvalue weighted by Gasteiger charge is 2.41. The third kappa shape index (κ3) is 2.48. The highest BCUT2D eigenvalue weighted by molar-refractivity contribution is 5.68. The van der Waals surface area contributed by atoms with Gasteiger partial charge in [0.25, 0.3) is 0 Å². The molecule has 1 saturated carbocycles. The second kappa shape index (κ2) is 4.08. The molecule has 1 heterocycles. The molecule has 86 valence electrons. The first kappa shape index (κ1) is 10.9. The zero-order valence-corrected chi connectivity index (χ0v) is 8.82. The summed E-state index contributed by atoms with van der Waals surface area (Å²) in [6.07, 6.45) is 4.05. The Kier molecular flexibility index (Phi) is 2.95. The van der Waals surface area contributed by atoms with Crippen LogP contribution in [0.2, 0.25) is 0 Å². The SMILES string of the molecule is NOC1(CC(=O)O)CCN(C2CC2)CC1. The Morgan fingerprint density at radius 1 is 1.47 bits per heavy atom. The van der Waals surface area contributed by atoms with Crippen molar-refractivity contribution in [1.29, 1.82) is 0 Å². The molecule has 5 heteroatoms. The predicted octanol–water partition coefficient (Wildman–Crippen LogP) is 0.348. The van der Waals surface area contributed by atoms with Gasteiger partial charge in [-0.05, 0) is 25.7 Å². The number of nitrogens with zero attached hydrogens (tertiary/aromatic N) is 1. The summed E-state index contributed by atoms with van der Waals surface area (Å²) in [5.74, 6) is 4.41. The molecule has 0 amide bonds. The van der Waals surface area contributed by atoms with Crippen molar-refractivity contribution >= 4 is 5.97 Å². The van der Waals surface area contributed by atoms with E-state index in [0.717, 1.165) is 32.0 Å². The van der Waals surface area contributed by atoms with Crippen LogP contribution in [0.1, 0.15) is 32.1 Å². The fourth-order valence-corrected chi connectivity index (χ4v) is 2.35. The van der Waals surface area contributed by atoms with Crippen LogP contribution in [-0.4, -0.2) is 40.7 Å². The number of rotatable bonds is 4. The van der Waals surface area contributed by atoms with Gasteiger partial charge in [0.05, 0.1) is 6.42 Å². The van der Waals surface area contributed by atoms with Crippen LogP contribution in [0.15, 0.2) is 0 Å². The van der Waals surface area contributed by atoms with Crippen LogP contribution < -0.4 is 5.90 Å². The van der Waals surface area contributed by atoms with Crippen molar-refractivity contribution in [3.63, 3.8) is 0 Å². The molecular weight excluding hydrogens is 196 g/mol. The minimum atomic E-state index is -0.833. The lowest BCUT2D eigenvalue weighted by molar-refractivity contribution is -0.151. The van der Waals surface area contributed by atoms with Gasteiger partial charge in [-0.15, -0.1) is 0 Å². The summed E-state index contributed by atoms with van der Waals surface area (Å²) in [4.78, 5) is 18.1. The number of hydrogen-bond acceptors (Lipinski definition) is 4. The normalized spacial score (nSPS) is 26.5. The molecule has 0 spiro atoms. The van der Waals surface area contributed by atoms with Crippen molar-refractivity contribution in [2.75, 3.05) is 13.1 Å². The lowest BCUT2D eigenvalue weighted by Gasteiger charge is -2.39. The highest BCUT2D eigenvalue weighted by atomic mass is 16.6. The zero-order chi connectivity index (χ0) is 10.9. The van der Waals surface area contributed by atoms with Gasteiger partial charge in [0.15, 0.2) is 0 Å². The van der Waals surface area contributed by atoms with Crippen LogP contribution in [0.3, 0.4) is 0 Å². The standard InChI is InChI=1S/C10H18N2O3/c11-15-10(7-9(13)14)3-5-12(6-4-10)8-1-2-8/h8H,1-7,11H2,(H,13,14). The molecule has 0 aromatic rings. The number of aliphatic carboxylic acids is 1. The number of likely N-dealkylation sites (tertiary alicyclic amines) is 1. The molecule has 2 aliphatic rings. The maximum absolute atomic E-state index is 10.7. The van der Waals surface area contributed by atoms with Gasteiger partial charge in [0.1, 0.15) is 5.60 Å². The topological polar surface area (TPSA) is 75.8 Å². The first-order valence-corrected chi connectivity index (χ1v) is 5.49. The number of carboxylic acids is 1. The summed E-state index contributed by atoms with van der Waals surface area (Å²) in [7, 11) is 0. The maximum atomic E-state index is 10.7. The first-order valence-electron chi connectivity index (χ1n) is 5.49. The molecule has 15 heavy (non-hydrogen) atoms. The molecular formula is C10H18N2O3. The monoisotopic (exact) mass is 214 g/mol. The largest absolute Gasteiger partial charge is 0.481 e. The minimum absolute atomic E-state index is 0.0159. The van der Waals surface area contributed by atoms with Crippen LogP contribution in [-0.2, 0) is 9.63 Å². The van der Waals surface area contributed by atoms with Gasteiger partial charge >= 0.3 is 5.97 Å². The predicted molar refractivity (Wildman–Crippen MR) is 54.1 cm³/mol. The lowest BCUT2D eigenvalue weighted by atomic mass is 9.88. The van der Waals surface area contributed by atoms with Crippen molar-refractivity contribution < 1.29 is 14.7 Å². The van der Waals surface area contributed by atoms with Gasteiger partial charge in [-0.1, -0.05) is 0 Å². The van der Waals surface area contributed by atoms with Gasteiger partial charge in [0.2, 0.25) is 0 Å². The Balaban J connectivity index is 1.89. The number of piperidine rings is 1. The molecule has 5 nitrogen and oxygen atoms in total. The Labute approximate surface area is 89.1 Å². The highest BCUT2D eigenvalue weighted by Crippen LogP contribution is 2.34. The van der Waals surface area contributed by atoms with Crippen molar-refractivity contribution in [3.05, 3.63) is 0 Å². The Morgan fingerprint density at radius 3 is 2.47 bits per heavy atom. The molecule has 1 saturated heterocycles. The van der Waals surface area contributed by atoms with E-state index in [9.17, 15) is 4.79 Å². The lowest BCUT2D eigenvalue weighted by Crippen LogP contribution is -2.49. The summed E-state index contributed by atoms with van der Waals surface area (Å²) in [6.45, 7) is 1.82. The Hall–Kier alpha value is -0.650. The van der Waals surface area contributed by atoms with E-state index in [4.69, 9.17) is 15.8 Å². The minimum Gasteiger partial charge on any atom is -0.481 e. The third-order valence-electron chi connectivity index (χ3n) is 3.50. The Bertz CT molecular complexity index is 245. The quantitative estimate of drug-likeness (QED) is 0.660. The summed E-state index contributed by atoms with van der Waals surface area (Å²) < 4.78 is 0. The van der Waals surface area contributed by atoms with E-state index in [2.05, 4.69) is 4.90 Å². The molecule has 1 aliphatic carbocycles. The van der Waals surface area contributed by atoms with E-state index >= 15 is 0 Å². The molecule has 0 atom stereocenters. The van der Waals surface area contributed by atoms with Crippen molar-refractivity contribution in [1.82, 2.24) is 4.90 Å². The number of carbonyl (C=O) groups is 1. The fraction of sp³-hybridized carbons (Fsp3) is 0.900. The van der Waals surface area contributed by atoms with E-state index < -0.39 is 11.6 Å². The van der Waals surface area contributed by atoms with E-state index in [-0.39, 0.29) is 6.42 Å². The fourth-order valence-electron chi connectivity index (χ4n) is 2.35. The molecule has 1 aliphatic heterocycles. The molecule has 0 aromatic carbocycles. The molecule has 0 radical (unpaired) electrons. The average Bonchev–Trinajstić information content (AvgIpc) is 3.01. The van der Waals surface area contributed by atoms with Gasteiger partial charge in [-0.2, -0.15) is 0 Å². The van der Waals surface area contributed by atoms with Crippen LogP contribution in [0.25, 0.3) is 0 Å². The number of nitrogens with two attached hydrogens (primary N) is 1. The number of hydrogen-bond donors (Lipinski definition) is 2. The average molecular weight is 214 g/mol.